The van der Waals surface area contributed by atoms with Gasteiger partial charge in [-0.25, -0.2) is 4.39 Å². The Labute approximate surface area is 113 Å². The molecule has 0 aliphatic carbocycles. The van der Waals surface area contributed by atoms with Crippen molar-refractivity contribution in [3.8, 4) is 0 Å². The normalized spacial score (nSPS) is 10.5. The summed E-state index contributed by atoms with van der Waals surface area (Å²) in [5, 5.41) is 0. The molecule has 5 heteroatoms. The standard InChI is InChI=1S/C14H20FNO3/c1-11-4-5-13(15)12(10-11)14(17)16(6-8-18-2)7-9-19-3/h4-5,10H,6-9H2,1-3H3. The fourth-order valence-electron chi connectivity index (χ4n) is 1.69. The summed E-state index contributed by atoms with van der Waals surface area (Å²) in [5.74, 6) is -0.842. The molecule has 0 aliphatic heterocycles. The van der Waals surface area contributed by atoms with Gasteiger partial charge in [0, 0.05) is 27.3 Å². The molecule has 0 fully saturated rings. The summed E-state index contributed by atoms with van der Waals surface area (Å²) in [6.07, 6.45) is 0. The molecule has 1 rings (SSSR count). The second-order valence-electron chi connectivity index (χ2n) is 4.26. The smallest absolute Gasteiger partial charge is 0.256 e. The Bertz CT molecular complexity index is 415. The highest BCUT2D eigenvalue weighted by atomic mass is 19.1. The zero-order valence-corrected chi connectivity index (χ0v) is 11.6. The van der Waals surface area contributed by atoms with Gasteiger partial charge in [0.15, 0.2) is 0 Å². The Hall–Kier alpha value is -1.46. The van der Waals surface area contributed by atoms with Crippen molar-refractivity contribution in [2.45, 2.75) is 6.92 Å². The predicted molar refractivity (Wildman–Crippen MR) is 70.8 cm³/mol. The van der Waals surface area contributed by atoms with E-state index in [-0.39, 0.29) is 11.5 Å². The first kappa shape index (κ1) is 15.6. The molecule has 0 radical (unpaired) electrons. The van der Waals surface area contributed by atoms with Crippen LogP contribution in [0, 0.1) is 12.7 Å². The molecule has 4 nitrogen and oxygen atoms in total. The molecular weight excluding hydrogens is 249 g/mol. The molecule has 0 saturated carbocycles. The van der Waals surface area contributed by atoms with Crippen molar-refractivity contribution in [2.75, 3.05) is 40.5 Å². The molecule has 0 N–H and O–H groups in total. The Morgan fingerprint density at radius 2 is 1.79 bits per heavy atom. The van der Waals surface area contributed by atoms with Crippen molar-refractivity contribution in [1.29, 1.82) is 0 Å². The number of carbonyl (C=O) groups excluding carboxylic acids is 1. The summed E-state index contributed by atoms with van der Waals surface area (Å²) in [7, 11) is 3.12. The monoisotopic (exact) mass is 269 g/mol. The molecule has 0 unspecified atom stereocenters. The number of carbonyl (C=O) groups is 1. The Balaban J connectivity index is 2.87. The van der Waals surface area contributed by atoms with Crippen LogP contribution in [0.4, 0.5) is 4.39 Å². The minimum Gasteiger partial charge on any atom is -0.383 e. The number of nitrogens with zero attached hydrogens (tertiary/aromatic N) is 1. The molecule has 0 saturated heterocycles. The fourth-order valence-corrected chi connectivity index (χ4v) is 1.69. The van der Waals surface area contributed by atoms with Gasteiger partial charge in [-0.1, -0.05) is 11.6 Å². The Morgan fingerprint density at radius 1 is 1.21 bits per heavy atom. The highest BCUT2D eigenvalue weighted by Gasteiger charge is 2.19. The van der Waals surface area contributed by atoms with Crippen LogP contribution in [0.25, 0.3) is 0 Å². The summed E-state index contributed by atoms with van der Waals surface area (Å²) in [4.78, 5) is 13.8. The summed E-state index contributed by atoms with van der Waals surface area (Å²) in [6, 6.07) is 4.51. The van der Waals surface area contributed by atoms with Crippen LogP contribution in [0.2, 0.25) is 0 Å². The Morgan fingerprint density at radius 3 is 2.32 bits per heavy atom. The van der Waals surface area contributed by atoms with E-state index < -0.39 is 5.82 Å². The molecular formula is C14H20FNO3. The lowest BCUT2D eigenvalue weighted by atomic mass is 10.1. The van der Waals surface area contributed by atoms with E-state index in [4.69, 9.17) is 9.47 Å². The molecule has 0 spiro atoms. The molecule has 0 aromatic heterocycles. The topological polar surface area (TPSA) is 38.8 Å². The zero-order chi connectivity index (χ0) is 14.3. The highest BCUT2D eigenvalue weighted by Crippen LogP contribution is 2.13. The number of ether oxygens (including phenoxy) is 2. The predicted octanol–water partition coefficient (Wildman–Crippen LogP) is 1.87. The number of rotatable bonds is 7. The maximum Gasteiger partial charge on any atom is 0.256 e. The van der Waals surface area contributed by atoms with Gasteiger partial charge in [-0.3, -0.25) is 4.79 Å². The van der Waals surface area contributed by atoms with Gasteiger partial charge in [-0.15, -0.1) is 0 Å². The second kappa shape index (κ2) is 7.86. The molecule has 0 aliphatic rings. The van der Waals surface area contributed by atoms with Gasteiger partial charge >= 0.3 is 0 Å². The number of methoxy groups -OCH3 is 2. The molecule has 1 amide bonds. The molecule has 1 aromatic rings. The lowest BCUT2D eigenvalue weighted by molar-refractivity contribution is 0.0623. The highest BCUT2D eigenvalue weighted by molar-refractivity contribution is 5.94. The minimum atomic E-state index is -0.504. The van der Waals surface area contributed by atoms with Crippen LogP contribution < -0.4 is 0 Å². The average Bonchev–Trinajstić information content (AvgIpc) is 2.41. The molecule has 0 bridgehead atoms. The summed E-state index contributed by atoms with van der Waals surface area (Å²) < 4.78 is 23.6. The van der Waals surface area contributed by atoms with E-state index >= 15 is 0 Å². The van der Waals surface area contributed by atoms with Crippen molar-refractivity contribution in [3.63, 3.8) is 0 Å². The SMILES string of the molecule is COCCN(CCOC)C(=O)c1cc(C)ccc1F. The van der Waals surface area contributed by atoms with Gasteiger partial charge in [-0.2, -0.15) is 0 Å². The van der Waals surface area contributed by atoms with Gasteiger partial charge < -0.3 is 14.4 Å². The maximum atomic E-state index is 13.7. The first-order valence-electron chi connectivity index (χ1n) is 6.13. The third-order valence-electron chi connectivity index (χ3n) is 2.77. The summed E-state index contributed by atoms with van der Waals surface area (Å²) >= 11 is 0. The van der Waals surface area contributed by atoms with Crippen molar-refractivity contribution in [2.24, 2.45) is 0 Å². The number of hydrogen-bond donors (Lipinski definition) is 0. The Kier molecular flexibility index (Phi) is 6.45. The van der Waals surface area contributed by atoms with Gasteiger partial charge in [0.25, 0.3) is 5.91 Å². The molecule has 1 aromatic carbocycles. The van der Waals surface area contributed by atoms with Gasteiger partial charge in [-0.05, 0) is 19.1 Å². The van der Waals surface area contributed by atoms with E-state index in [1.165, 1.54) is 11.0 Å². The van der Waals surface area contributed by atoms with Crippen LogP contribution >= 0.6 is 0 Å². The van der Waals surface area contributed by atoms with E-state index in [1.807, 2.05) is 6.92 Å². The third-order valence-corrected chi connectivity index (χ3v) is 2.77. The van der Waals surface area contributed by atoms with Crippen LogP contribution in [0.3, 0.4) is 0 Å². The molecule has 106 valence electrons. The lowest BCUT2D eigenvalue weighted by Crippen LogP contribution is -2.37. The van der Waals surface area contributed by atoms with E-state index in [1.54, 1.807) is 26.4 Å². The van der Waals surface area contributed by atoms with Crippen LogP contribution in [0.15, 0.2) is 18.2 Å². The van der Waals surface area contributed by atoms with Gasteiger partial charge in [0.2, 0.25) is 0 Å². The largest absolute Gasteiger partial charge is 0.383 e. The first-order valence-corrected chi connectivity index (χ1v) is 6.13. The fraction of sp³-hybridized carbons (Fsp3) is 0.500. The maximum absolute atomic E-state index is 13.7. The zero-order valence-electron chi connectivity index (χ0n) is 11.6. The average molecular weight is 269 g/mol. The second-order valence-corrected chi connectivity index (χ2v) is 4.26. The van der Waals surface area contributed by atoms with Crippen molar-refractivity contribution < 1.29 is 18.7 Å². The number of hydrogen-bond acceptors (Lipinski definition) is 3. The number of aryl methyl sites for hydroxylation is 1. The van der Waals surface area contributed by atoms with E-state index in [0.29, 0.717) is 26.3 Å². The first-order chi connectivity index (χ1) is 9.10. The number of amides is 1. The van der Waals surface area contributed by atoms with Crippen LogP contribution in [0.5, 0.6) is 0 Å². The van der Waals surface area contributed by atoms with Crippen LogP contribution in [0.1, 0.15) is 15.9 Å². The third kappa shape index (κ3) is 4.61. The minimum absolute atomic E-state index is 0.0900. The van der Waals surface area contributed by atoms with E-state index in [2.05, 4.69) is 0 Å². The van der Waals surface area contributed by atoms with Gasteiger partial charge in [0.05, 0.1) is 18.8 Å². The van der Waals surface area contributed by atoms with E-state index in [0.717, 1.165) is 5.56 Å². The quantitative estimate of drug-likeness (QED) is 0.758. The summed E-state index contributed by atoms with van der Waals surface area (Å²) in [6.45, 7) is 3.45. The number of benzene rings is 1. The van der Waals surface area contributed by atoms with Crippen LogP contribution in [-0.4, -0.2) is 51.3 Å². The molecule has 0 heterocycles. The molecule has 0 atom stereocenters. The van der Waals surface area contributed by atoms with Crippen molar-refractivity contribution in [1.82, 2.24) is 4.90 Å². The molecule has 19 heavy (non-hydrogen) atoms. The number of halogens is 1. The lowest BCUT2D eigenvalue weighted by Gasteiger charge is -2.22. The summed E-state index contributed by atoms with van der Waals surface area (Å²) in [5.41, 5.74) is 0.940. The van der Waals surface area contributed by atoms with Gasteiger partial charge in [0.1, 0.15) is 5.82 Å². The van der Waals surface area contributed by atoms with Crippen LogP contribution in [-0.2, 0) is 9.47 Å². The van der Waals surface area contributed by atoms with Crippen molar-refractivity contribution >= 4 is 5.91 Å². The van der Waals surface area contributed by atoms with E-state index in [9.17, 15) is 9.18 Å². The van der Waals surface area contributed by atoms with Crippen molar-refractivity contribution in [3.05, 3.63) is 35.1 Å².